The first-order chi connectivity index (χ1) is 35.8. The maximum Gasteiger partial charge on any atom is 0.197 e. The summed E-state index contributed by atoms with van der Waals surface area (Å²) in [5, 5.41) is 13.2. The summed E-state index contributed by atoms with van der Waals surface area (Å²) >= 11 is 5.76. The SMILES string of the molecule is CC(C)(C)c1ccc(Nc2cc3sc4cc5c(cc4c3cc2-c2ccc3c4cc6sc7ccccc7c6cc4n4c3c2[B]c2cc3sc(-c6ccccc6)c(-c6ccccc6)c3cc2-4)C(C)(C)CCC5(C)C)cc1. The van der Waals surface area contributed by atoms with Crippen LogP contribution in [-0.4, -0.2) is 11.8 Å². The van der Waals surface area contributed by atoms with E-state index in [1.54, 1.807) is 0 Å². The van der Waals surface area contributed by atoms with E-state index in [1.807, 2.05) is 34.0 Å². The average Bonchev–Trinajstić information content (AvgIpc) is 4.25. The topological polar surface area (TPSA) is 17.0 Å². The van der Waals surface area contributed by atoms with Crippen LogP contribution in [0.4, 0.5) is 11.4 Å². The molecule has 6 heteroatoms. The molecule has 1 N–H and O–H groups in total. The fraction of sp³-hybridized carbons (Fsp3) is 0.176. The van der Waals surface area contributed by atoms with Crippen molar-refractivity contribution < 1.29 is 0 Å². The Bertz CT molecular complexity index is 4500. The number of hydrogen-bond donors (Lipinski definition) is 1. The summed E-state index contributed by atoms with van der Waals surface area (Å²) in [5.41, 5.74) is 19.3. The molecule has 1 aliphatic heterocycles. The first-order valence-electron chi connectivity index (χ1n) is 26.2. The van der Waals surface area contributed by atoms with Crippen molar-refractivity contribution in [1.82, 2.24) is 4.57 Å². The number of thiophene rings is 3. The van der Waals surface area contributed by atoms with Crippen LogP contribution in [0.25, 0.3) is 111 Å². The third-order valence-electron chi connectivity index (χ3n) is 16.8. The van der Waals surface area contributed by atoms with Gasteiger partial charge in [-0.1, -0.05) is 157 Å². The van der Waals surface area contributed by atoms with Gasteiger partial charge in [0.15, 0.2) is 7.28 Å². The molecule has 0 amide bonds. The lowest BCUT2D eigenvalue weighted by Crippen LogP contribution is -2.37. The molecule has 0 saturated heterocycles. The van der Waals surface area contributed by atoms with Gasteiger partial charge in [0.25, 0.3) is 0 Å². The molecular formula is C68H54BN2S3. The van der Waals surface area contributed by atoms with E-state index in [0.29, 0.717) is 0 Å². The van der Waals surface area contributed by atoms with Crippen LogP contribution in [0.5, 0.6) is 0 Å². The Kier molecular flexibility index (Phi) is 9.50. The second-order valence-corrected chi connectivity index (χ2v) is 26.6. The monoisotopic (exact) mass is 1010 g/mol. The van der Waals surface area contributed by atoms with Crippen LogP contribution < -0.4 is 16.2 Å². The molecule has 0 fully saturated rings. The zero-order valence-electron chi connectivity index (χ0n) is 42.8. The van der Waals surface area contributed by atoms with Gasteiger partial charge in [-0.3, -0.25) is 0 Å². The minimum Gasteiger partial charge on any atom is -0.355 e. The molecule has 1 radical (unpaired) electrons. The van der Waals surface area contributed by atoms with Crippen LogP contribution in [-0.2, 0) is 16.2 Å². The van der Waals surface area contributed by atoms with E-state index < -0.39 is 0 Å². The highest BCUT2D eigenvalue weighted by atomic mass is 32.1. The van der Waals surface area contributed by atoms with Gasteiger partial charge in [0.1, 0.15) is 0 Å². The largest absolute Gasteiger partial charge is 0.355 e. The van der Waals surface area contributed by atoms with Crippen molar-refractivity contribution in [3.63, 3.8) is 0 Å². The second kappa shape index (κ2) is 15.8. The van der Waals surface area contributed by atoms with Gasteiger partial charge in [-0.25, -0.2) is 0 Å². The van der Waals surface area contributed by atoms with Crippen LogP contribution in [0.3, 0.4) is 0 Å². The second-order valence-electron chi connectivity index (χ2n) is 23.4. The predicted molar refractivity (Wildman–Crippen MR) is 327 cm³/mol. The summed E-state index contributed by atoms with van der Waals surface area (Å²) in [7, 11) is 2.52. The maximum absolute atomic E-state index is 4.03. The molecule has 0 atom stereocenters. The number of hydrogen-bond acceptors (Lipinski definition) is 4. The highest BCUT2D eigenvalue weighted by Gasteiger charge is 2.38. The first-order valence-corrected chi connectivity index (χ1v) is 28.6. The molecule has 74 heavy (non-hydrogen) atoms. The highest BCUT2D eigenvalue weighted by molar-refractivity contribution is 7.26. The average molecular weight is 1010 g/mol. The normalized spacial score (nSPS) is 14.9. The molecule has 15 rings (SSSR count). The van der Waals surface area contributed by atoms with Gasteiger partial charge < -0.3 is 9.88 Å². The third kappa shape index (κ3) is 6.67. The molecular weight excluding hydrogens is 952 g/mol. The van der Waals surface area contributed by atoms with E-state index in [-0.39, 0.29) is 16.2 Å². The van der Waals surface area contributed by atoms with Crippen LogP contribution >= 0.6 is 34.0 Å². The Balaban J connectivity index is 1.02. The predicted octanol–water partition coefficient (Wildman–Crippen LogP) is 19.1. The standard InChI is InChI=1S/C68H54BN2S3/c1-66(2,3)40-22-24-41(25-23-40)70-54-37-61-47(48-31-51-52(35-59(48)73-61)68(6,7)29-28-67(51,4)5)30-45(54)43-26-27-44-46-34-58-49(42-20-14-15-21-57(42)72-58)32-55(46)71-56-33-50-60(36-53(56)69-63(43)64(44)71)74-65(39-18-12-9-13-19-39)62(50)38-16-10-8-11-17-38/h8-27,30-37,70H,28-29H2,1-7H3. The molecule has 0 unspecified atom stereocenters. The van der Waals surface area contributed by atoms with E-state index in [0.717, 1.165) is 11.4 Å². The fourth-order valence-electron chi connectivity index (χ4n) is 12.7. The quantitative estimate of drug-likeness (QED) is 0.170. The zero-order valence-corrected chi connectivity index (χ0v) is 45.3. The van der Waals surface area contributed by atoms with Crippen molar-refractivity contribution in [2.75, 3.05) is 5.32 Å². The highest BCUT2D eigenvalue weighted by Crippen LogP contribution is 2.52. The van der Waals surface area contributed by atoms with Gasteiger partial charge in [-0.15, -0.1) is 34.0 Å². The summed E-state index contributed by atoms with van der Waals surface area (Å²) in [6.07, 6.45) is 2.39. The van der Waals surface area contributed by atoms with Gasteiger partial charge in [0, 0.05) is 99.8 Å². The van der Waals surface area contributed by atoms with Crippen LogP contribution in [0, 0.1) is 0 Å². The van der Waals surface area contributed by atoms with E-state index in [9.17, 15) is 0 Å². The summed E-state index contributed by atoms with van der Waals surface area (Å²) in [4.78, 5) is 1.30. The Morgan fingerprint density at radius 2 is 1.14 bits per heavy atom. The van der Waals surface area contributed by atoms with Crippen molar-refractivity contribution in [1.29, 1.82) is 0 Å². The lowest BCUT2D eigenvalue weighted by molar-refractivity contribution is 0.332. The Morgan fingerprint density at radius 1 is 0.500 bits per heavy atom. The van der Waals surface area contributed by atoms with Crippen LogP contribution in [0.1, 0.15) is 78.0 Å². The van der Waals surface area contributed by atoms with Crippen molar-refractivity contribution in [3.05, 3.63) is 187 Å². The fourth-order valence-corrected chi connectivity index (χ4v) is 16.2. The number of nitrogens with one attached hydrogen (secondary N) is 1. The van der Waals surface area contributed by atoms with E-state index >= 15 is 0 Å². The lowest BCUT2D eigenvalue weighted by atomic mass is 9.59. The molecule has 0 saturated carbocycles. The molecule has 357 valence electrons. The van der Waals surface area contributed by atoms with Gasteiger partial charge in [0.05, 0.1) is 5.52 Å². The van der Waals surface area contributed by atoms with Gasteiger partial charge in [0.2, 0.25) is 0 Å². The van der Waals surface area contributed by atoms with E-state index in [1.165, 1.54) is 151 Å². The minimum absolute atomic E-state index is 0.0633. The van der Waals surface area contributed by atoms with Gasteiger partial charge in [-0.2, -0.15) is 0 Å². The number of benzene rings is 9. The third-order valence-corrected chi connectivity index (χ3v) is 20.3. The molecule has 0 spiro atoms. The van der Waals surface area contributed by atoms with Gasteiger partial charge in [-0.05, 0) is 135 Å². The molecule has 9 aromatic carbocycles. The zero-order chi connectivity index (χ0) is 50.0. The Hall–Kier alpha value is -6.96. The Labute approximate surface area is 445 Å². The molecule has 1 aliphatic carbocycles. The Morgan fingerprint density at radius 3 is 1.89 bits per heavy atom. The van der Waals surface area contributed by atoms with Crippen LogP contribution in [0.15, 0.2) is 170 Å². The lowest BCUT2D eigenvalue weighted by Gasteiger charge is -2.41. The molecule has 5 heterocycles. The van der Waals surface area contributed by atoms with Crippen molar-refractivity contribution in [2.45, 2.75) is 77.6 Å². The molecule has 2 aliphatic rings. The number of anilines is 2. The summed E-state index contributed by atoms with van der Waals surface area (Å²) in [5.74, 6) is 0. The van der Waals surface area contributed by atoms with E-state index in [4.69, 9.17) is 0 Å². The van der Waals surface area contributed by atoms with E-state index in [2.05, 4.69) is 235 Å². The number of nitrogens with zero attached hydrogens (tertiary/aromatic N) is 1. The molecule has 13 aromatic rings. The van der Waals surface area contributed by atoms with Crippen molar-refractivity contribution in [2.24, 2.45) is 0 Å². The smallest absolute Gasteiger partial charge is 0.197 e. The first kappa shape index (κ1) is 44.5. The maximum atomic E-state index is 4.03. The number of fused-ring (bicyclic) bond motifs is 13. The summed E-state index contributed by atoms with van der Waals surface area (Å²) in [6.45, 7) is 16.7. The van der Waals surface area contributed by atoms with Crippen LogP contribution in [0.2, 0.25) is 0 Å². The van der Waals surface area contributed by atoms with Crippen molar-refractivity contribution in [3.8, 4) is 38.4 Å². The summed E-state index contributed by atoms with van der Waals surface area (Å²) < 4.78 is 9.26. The molecule has 4 aromatic heterocycles. The molecule has 0 bridgehead atoms. The minimum atomic E-state index is 0.0633. The number of aromatic nitrogens is 1. The summed E-state index contributed by atoms with van der Waals surface area (Å²) in [6, 6.07) is 65.0. The van der Waals surface area contributed by atoms with Crippen molar-refractivity contribution >= 4 is 136 Å². The number of rotatable bonds is 5. The van der Waals surface area contributed by atoms with Gasteiger partial charge >= 0.3 is 0 Å². The molecule has 2 nitrogen and oxygen atoms in total.